The maximum atomic E-state index is 11.7. The molecule has 18 heavy (non-hydrogen) atoms. The zero-order chi connectivity index (χ0) is 13.7. The van der Waals surface area contributed by atoms with Crippen LogP contribution in [0.2, 0.25) is 0 Å². The Morgan fingerprint density at radius 1 is 1.44 bits per heavy atom. The molecule has 0 radical (unpaired) electrons. The Hall–Kier alpha value is -1.62. The molecule has 0 aromatic heterocycles. The zero-order valence-electron chi connectivity index (χ0n) is 10.3. The van der Waals surface area contributed by atoms with E-state index < -0.39 is 17.4 Å². The second-order valence-corrected chi connectivity index (χ2v) is 5.29. The van der Waals surface area contributed by atoms with E-state index in [0.29, 0.717) is 0 Å². The van der Waals surface area contributed by atoms with Gasteiger partial charge in [0, 0.05) is 30.4 Å². The van der Waals surface area contributed by atoms with Gasteiger partial charge in [-0.1, -0.05) is 0 Å². The van der Waals surface area contributed by atoms with Crippen molar-refractivity contribution in [2.75, 3.05) is 0 Å². The summed E-state index contributed by atoms with van der Waals surface area (Å²) < 4.78 is 0. The normalized spacial score (nSPS) is 36.2. The lowest BCUT2D eigenvalue weighted by Crippen LogP contribution is -2.49. The van der Waals surface area contributed by atoms with Gasteiger partial charge in [-0.2, -0.15) is 0 Å². The van der Waals surface area contributed by atoms with Crippen molar-refractivity contribution >= 4 is 11.6 Å². The van der Waals surface area contributed by atoms with Gasteiger partial charge in [0.2, 0.25) is 0 Å². The van der Waals surface area contributed by atoms with Gasteiger partial charge in [-0.05, 0) is 13.8 Å². The van der Waals surface area contributed by atoms with Crippen LogP contribution in [0.5, 0.6) is 0 Å². The molecule has 1 unspecified atom stereocenters. The molecule has 2 aliphatic rings. The molecule has 0 fully saturated rings. The fourth-order valence-corrected chi connectivity index (χ4v) is 3.14. The lowest BCUT2D eigenvalue weighted by atomic mass is 9.64. The van der Waals surface area contributed by atoms with Crippen LogP contribution in [0.1, 0.15) is 26.7 Å². The fourth-order valence-electron chi connectivity index (χ4n) is 3.14. The Morgan fingerprint density at radius 2 is 2.06 bits per heavy atom. The monoisotopic (exact) mass is 252 g/mol. The summed E-state index contributed by atoms with van der Waals surface area (Å²) in [4.78, 5) is 23.2. The van der Waals surface area contributed by atoms with Crippen LogP contribution in [0.25, 0.3) is 0 Å². The molecule has 0 heterocycles. The number of carbonyl (C=O) groups is 2. The molecule has 0 saturated carbocycles. The summed E-state index contributed by atoms with van der Waals surface area (Å²) in [5, 5.41) is 29.9. The first-order valence-electron chi connectivity index (χ1n) is 5.82. The number of aliphatic hydroxyl groups excluding tert-OH is 2. The Labute approximate surface area is 104 Å². The minimum Gasteiger partial charge on any atom is -0.512 e. The second-order valence-electron chi connectivity index (χ2n) is 5.29. The van der Waals surface area contributed by atoms with Gasteiger partial charge in [0.25, 0.3) is 0 Å². The molecule has 5 nitrogen and oxygen atoms in total. The van der Waals surface area contributed by atoms with Crippen LogP contribution < -0.4 is 0 Å². The van der Waals surface area contributed by atoms with Crippen molar-refractivity contribution in [2.24, 2.45) is 11.8 Å². The van der Waals surface area contributed by atoms with Crippen molar-refractivity contribution in [1.29, 1.82) is 0 Å². The standard InChI is InChI=1S/C13H16O5/c1-6(14)12-8-3-7(15)4-9(16)11(8)10(17)5-13(12,2)18/h4,8,12,16-18H,3,5H2,1-2H3/t8-,12+,13?/m1/s1. The molecular weight excluding hydrogens is 236 g/mol. The molecule has 3 N–H and O–H groups in total. The second kappa shape index (κ2) is 3.95. The maximum absolute atomic E-state index is 11.7. The van der Waals surface area contributed by atoms with E-state index in [4.69, 9.17) is 0 Å². The summed E-state index contributed by atoms with van der Waals surface area (Å²) in [5.74, 6) is -2.44. The highest BCUT2D eigenvalue weighted by Gasteiger charge is 2.50. The van der Waals surface area contributed by atoms with Crippen LogP contribution >= 0.6 is 0 Å². The fraction of sp³-hybridized carbons (Fsp3) is 0.538. The van der Waals surface area contributed by atoms with Gasteiger partial charge >= 0.3 is 0 Å². The van der Waals surface area contributed by atoms with Crippen molar-refractivity contribution in [1.82, 2.24) is 0 Å². The SMILES string of the molecule is CC(=O)[C@H]1[C@@H]2CC(=O)C=C(O)C2=C(O)CC1(C)O. The van der Waals surface area contributed by atoms with Crippen molar-refractivity contribution in [2.45, 2.75) is 32.3 Å². The van der Waals surface area contributed by atoms with Crippen molar-refractivity contribution in [3.8, 4) is 0 Å². The van der Waals surface area contributed by atoms with Crippen LogP contribution in [0.4, 0.5) is 0 Å². The minimum absolute atomic E-state index is 0.0177. The average molecular weight is 252 g/mol. The average Bonchev–Trinajstić information content (AvgIpc) is 2.11. The van der Waals surface area contributed by atoms with Crippen LogP contribution in [-0.4, -0.2) is 32.5 Å². The molecule has 0 aromatic carbocycles. The first-order chi connectivity index (χ1) is 8.24. The van der Waals surface area contributed by atoms with Crippen molar-refractivity contribution < 1.29 is 24.9 Å². The van der Waals surface area contributed by atoms with Crippen molar-refractivity contribution in [3.63, 3.8) is 0 Å². The predicted octanol–water partition coefficient (Wildman–Crippen LogP) is 1.19. The van der Waals surface area contributed by atoms with Gasteiger partial charge in [0.1, 0.15) is 17.3 Å². The topological polar surface area (TPSA) is 94.8 Å². The smallest absolute Gasteiger partial charge is 0.160 e. The number of fused-ring (bicyclic) bond motifs is 1. The van der Waals surface area contributed by atoms with Gasteiger partial charge in [-0.25, -0.2) is 0 Å². The van der Waals surface area contributed by atoms with E-state index in [0.717, 1.165) is 6.08 Å². The van der Waals surface area contributed by atoms with Gasteiger partial charge in [-0.15, -0.1) is 0 Å². The lowest BCUT2D eigenvalue weighted by Gasteiger charge is -2.42. The molecule has 3 atom stereocenters. The third-order valence-corrected chi connectivity index (χ3v) is 3.71. The Morgan fingerprint density at radius 3 is 2.61 bits per heavy atom. The van der Waals surface area contributed by atoms with E-state index in [2.05, 4.69) is 0 Å². The van der Waals surface area contributed by atoms with E-state index in [-0.39, 0.29) is 41.5 Å². The van der Waals surface area contributed by atoms with Crippen molar-refractivity contribution in [3.05, 3.63) is 23.2 Å². The molecule has 98 valence electrons. The molecule has 0 spiro atoms. The number of aliphatic hydroxyl groups is 3. The molecular formula is C13H16O5. The summed E-state index contributed by atoms with van der Waals surface area (Å²) in [7, 11) is 0. The van der Waals surface area contributed by atoms with E-state index in [1.807, 2.05) is 0 Å². The molecule has 0 aromatic rings. The first-order valence-corrected chi connectivity index (χ1v) is 5.82. The van der Waals surface area contributed by atoms with Crippen LogP contribution in [0.15, 0.2) is 23.2 Å². The third-order valence-electron chi connectivity index (χ3n) is 3.71. The molecule has 2 aliphatic carbocycles. The summed E-state index contributed by atoms with van der Waals surface area (Å²) in [5.41, 5.74) is -1.18. The molecule has 0 bridgehead atoms. The number of ketones is 2. The Balaban J connectivity index is 2.58. The molecule has 0 aliphatic heterocycles. The summed E-state index contributed by atoms with van der Waals surface area (Å²) in [6, 6.07) is 0. The Kier molecular flexibility index (Phi) is 2.81. The lowest BCUT2D eigenvalue weighted by molar-refractivity contribution is -0.135. The van der Waals surface area contributed by atoms with Crippen LogP contribution in [0, 0.1) is 11.8 Å². The van der Waals surface area contributed by atoms with E-state index in [9.17, 15) is 24.9 Å². The number of Topliss-reactive ketones (excluding diaryl/α,β-unsaturated/α-hetero) is 1. The van der Waals surface area contributed by atoms with Crippen LogP contribution in [0.3, 0.4) is 0 Å². The molecule has 0 saturated heterocycles. The van der Waals surface area contributed by atoms with Gasteiger partial charge in [0.05, 0.1) is 11.5 Å². The zero-order valence-corrected chi connectivity index (χ0v) is 10.3. The number of allylic oxidation sites excluding steroid dienone is 2. The molecule has 5 heteroatoms. The number of hydrogen-bond donors (Lipinski definition) is 3. The quantitative estimate of drug-likeness (QED) is 0.651. The van der Waals surface area contributed by atoms with E-state index >= 15 is 0 Å². The molecule has 0 amide bonds. The first kappa shape index (κ1) is 12.8. The largest absolute Gasteiger partial charge is 0.512 e. The molecule has 2 rings (SSSR count). The number of carbonyl (C=O) groups excluding carboxylic acids is 2. The van der Waals surface area contributed by atoms with Crippen LogP contribution in [-0.2, 0) is 9.59 Å². The highest BCUT2D eigenvalue weighted by molar-refractivity contribution is 5.94. The van der Waals surface area contributed by atoms with E-state index in [1.54, 1.807) is 0 Å². The van der Waals surface area contributed by atoms with E-state index in [1.165, 1.54) is 13.8 Å². The summed E-state index contributed by atoms with van der Waals surface area (Å²) in [6.45, 7) is 2.81. The third kappa shape index (κ3) is 1.84. The minimum atomic E-state index is -1.40. The predicted molar refractivity (Wildman–Crippen MR) is 62.9 cm³/mol. The number of hydrogen-bond acceptors (Lipinski definition) is 5. The highest BCUT2D eigenvalue weighted by atomic mass is 16.3. The summed E-state index contributed by atoms with van der Waals surface area (Å²) in [6.07, 6.45) is 0.971. The Bertz CT molecular complexity index is 484. The summed E-state index contributed by atoms with van der Waals surface area (Å²) >= 11 is 0. The number of rotatable bonds is 1. The maximum Gasteiger partial charge on any atom is 0.160 e. The van der Waals surface area contributed by atoms with Gasteiger partial charge in [-0.3, -0.25) is 9.59 Å². The van der Waals surface area contributed by atoms with Gasteiger partial charge in [0.15, 0.2) is 5.78 Å². The highest BCUT2D eigenvalue weighted by Crippen LogP contribution is 2.46. The van der Waals surface area contributed by atoms with Gasteiger partial charge < -0.3 is 15.3 Å².